The molecular formula is C15H21FN2O2. The molecule has 0 spiro atoms. The van der Waals surface area contributed by atoms with E-state index in [1.165, 1.54) is 44.9 Å². The number of halogens is 1. The van der Waals surface area contributed by atoms with Crippen molar-refractivity contribution in [2.24, 2.45) is 5.92 Å². The topological polar surface area (TPSA) is 55.6 Å². The minimum absolute atomic E-state index is 0.104. The van der Waals surface area contributed by atoms with E-state index in [2.05, 4.69) is 4.74 Å². The highest BCUT2D eigenvalue weighted by atomic mass is 19.1. The van der Waals surface area contributed by atoms with Crippen LogP contribution in [0.25, 0.3) is 0 Å². The Bertz CT molecular complexity index is 499. The minimum atomic E-state index is -0.544. The van der Waals surface area contributed by atoms with Crippen LogP contribution in [0.3, 0.4) is 0 Å². The second-order valence-electron chi connectivity index (χ2n) is 5.41. The number of methoxy groups -OCH3 is 1. The largest absolute Gasteiger partial charge is 0.465 e. The SMILES string of the molecule is COC(=O)c1cc(N(C)CC2CCCC2)c(F)cc1N. The van der Waals surface area contributed by atoms with Gasteiger partial charge in [-0.1, -0.05) is 12.8 Å². The summed E-state index contributed by atoms with van der Waals surface area (Å²) in [6, 6.07) is 2.66. The summed E-state index contributed by atoms with van der Waals surface area (Å²) in [4.78, 5) is 13.5. The molecule has 1 saturated carbocycles. The molecule has 0 unspecified atom stereocenters. The molecule has 0 heterocycles. The van der Waals surface area contributed by atoms with E-state index in [1.807, 2.05) is 11.9 Å². The van der Waals surface area contributed by atoms with E-state index in [9.17, 15) is 9.18 Å². The first-order valence-corrected chi connectivity index (χ1v) is 6.91. The Balaban J connectivity index is 2.23. The van der Waals surface area contributed by atoms with Crippen molar-refractivity contribution in [2.75, 3.05) is 31.3 Å². The molecule has 1 aliphatic carbocycles. The van der Waals surface area contributed by atoms with Crippen molar-refractivity contribution in [3.8, 4) is 0 Å². The molecule has 1 aromatic rings. The number of benzene rings is 1. The van der Waals surface area contributed by atoms with Gasteiger partial charge in [-0.15, -0.1) is 0 Å². The molecule has 2 rings (SSSR count). The first-order chi connectivity index (χ1) is 9.52. The Labute approximate surface area is 118 Å². The van der Waals surface area contributed by atoms with Crippen LogP contribution in [0.1, 0.15) is 36.0 Å². The van der Waals surface area contributed by atoms with Crippen molar-refractivity contribution in [3.05, 3.63) is 23.5 Å². The summed E-state index contributed by atoms with van der Waals surface area (Å²) in [5, 5.41) is 0. The number of nitrogens with zero attached hydrogens (tertiary/aromatic N) is 1. The van der Waals surface area contributed by atoms with Crippen molar-refractivity contribution in [2.45, 2.75) is 25.7 Å². The maximum absolute atomic E-state index is 14.0. The number of nitrogen functional groups attached to an aromatic ring is 1. The van der Waals surface area contributed by atoms with E-state index in [0.29, 0.717) is 11.6 Å². The fourth-order valence-corrected chi connectivity index (χ4v) is 2.84. The lowest BCUT2D eigenvalue weighted by Gasteiger charge is -2.24. The molecule has 1 fully saturated rings. The summed E-state index contributed by atoms with van der Waals surface area (Å²) in [6.45, 7) is 0.793. The Morgan fingerprint density at radius 3 is 2.70 bits per heavy atom. The molecule has 0 amide bonds. The number of hydrogen-bond acceptors (Lipinski definition) is 4. The number of esters is 1. The van der Waals surface area contributed by atoms with Crippen LogP contribution in [-0.4, -0.2) is 26.7 Å². The maximum Gasteiger partial charge on any atom is 0.340 e. The third-order valence-corrected chi connectivity index (χ3v) is 3.94. The molecule has 0 saturated heterocycles. The fourth-order valence-electron chi connectivity index (χ4n) is 2.84. The van der Waals surface area contributed by atoms with Gasteiger partial charge in [-0.05, 0) is 30.9 Å². The molecule has 0 bridgehead atoms. The van der Waals surface area contributed by atoms with Gasteiger partial charge < -0.3 is 15.4 Å². The van der Waals surface area contributed by atoms with Crippen molar-refractivity contribution >= 4 is 17.3 Å². The lowest BCUT2D eigenvalue weighted by atomic mass is 10.1. The second kappa shape index (κ2) is 6.11. The van der Waals surface area contributed by atoms with Crippen LogP contribution in [0.15, 0.2) is 12.1 Å². The molecule has 1 aromatic carbocycles. The Kier molecular flexibility index (Phi) is 4.47. The monoisotopic (exact) mass is 280 g/mol. The standard InChI is InChI=1S/C15H21FN2O2/c1-18(9-10-5-3-4-6-10)14-7-11(15(19)20-2)13(17)8-12(14)16/h7-8,10H,3-6,9,17H2,1-2H3. The minimum Gasteiger partial charge on any atom is -0.465 e. The fraction of sp³-hybridized carbons (Fsp3) is 0.533. The lowest BCUT2D eigenvalue weighted by Crippen LogP contribution is -2.25. The van der Waals surface area contributed by atoms with E-state index in [4.69, 9.17) is 5.73 Å². The van der Waals surface area contributed by atoms with Crippen LogP contribution in [0.2, 0.25) is 0 Å². The van der Waals surface area contributed by atoms with Crippen LogP contribution in [-0.2, 0) is 4.74 Å². The van der Waals surface area contributed by atoms with E-state index in [1.54, 1.807) is 0 Å². The molecular weight excluding hydrogens is 259 g/mol. The number of nitrogens with two attached hydrogens (primary N) is 1. The van der Waals surface area contributed by atoms with Gasteiger partial charge >= 0.3 is 5.97 Å². The predicted molar refractivity (Wildman–Crippen MR) is 77.4 cm³/mol. The van der Waals surface area contributed by atoms with Crippen LogP contribution in [0.5, 0.6) is 0 Å². The number of anilines is 2. The van der Waals surface area contributed by atoms with Gasteiger partial charge in [0.15, 0.2) is 0 Å². The summed E-state index contributed by atoms with van der Waals surface area (Å²) < 4.78 is 18.7. The van der Waals surface area contributed by atoms with Crippen LogP contribution >= 0.6 is 0 Å². The summed E-state index contributed by atoms with van der Waals surface area (Å²) in [5.74, 6) is -0.354. The normalized spacial score (nSPS) is 15.3. The zero-order valence-electron chi connectivity index (χ0n) is 12.0. The van der Waals surface area contributed by atoms with Gasteiger partial charge in [-0.3, -0.25) is 0 Å². The summed E-state index contributed by atoms with van der Waals surface area (Å²) in [7, 11) is 3.13. The number of hydrogen-bond donors (Lipinski definition) is 1. The Hall–Kier alpha value is -1.78. The Morgan fingerprint density at radius 1 is 1.45 bits per heavy atom. The van der Waals surface area contributed by atoms with Crippen LogP contribution in [0.4, 0.5) is 15.8 Å². The maximum atomic E-state index is 14.0. The molecule has 5 heteroatoms. The van der Waals surface area contributed by atoms with Gasteiger partial charge in [0.1, 0.15) is 5.82 Å². The van der Waals surface area contributed by atoms with E-state index < -0.39 is 11.8 Å². The summed E-state index contributed by atoms with van der Waals surface area (Å²) >= 11 is 0. The molecule has 4 nitrogen and oxygen atoms in total. The average Bonchev–Trinajstić information content (AvgIpc) is 2.90. The average molecular weight is 280 g/mol. The number of carbonyl (C=O) groups excluding carboxylic acids is 1. The van der Waals surface area contributed by atoms with Crippen molar-refractivity contribution in [3.63, 3.8) is 0 Å². The van der Waals surface area contributed by atoms with Gasteiger partial charge in [-0.2, -0.15) is 0 Å². The molecule has 1 aliphatic rings. The van der Waals surface area contributed by atoms with E-state index >= 15 is 0 Å². The molecule has 110 valence electrons. The first-order valence-electron chi connectivity index (χ1n) is 6.91. The zero-order valence-corrected chi connectivity index (χ0v) is 12.0. The highest BCUT2D eigenvalue weighted by Gasteiger charge is 2.21. The van der Waals surface area contributed by atoms with E-state index in [0.717, 1.165) is 6.54 Å². The van der Waals surface area contributed by atoms with Crippen molar-refractivity contribution < 1.29 is 13.9 Å². The van der Waals surface area contributed by atoms with E-state index in [-0.39, 0.29) is 11.3 Å². The smallest absolute Gasteiger partial charge is 0.340 e. The van der Waals surface area contributed by atoms with Gasteiger partial charge in [-0.25, -0.2) is 9.18 Å². The first kappa shape index (κ1) is 14.6. The number of rotatable bonds is 4. The van der Waals surface area contributed by atoms with Gasteiger partial charge in [0.25, 0.3) is 0 Å². The molecule has 0 aromatic heterocycles. The zero-order chi connectivity index (χ0) is 14.7. The quantitative estimate of drug-likeness (QED) is 0.680. The third-order valence-electron chi connectivity index (χ3n) is 3.94. The van der Waals surface area contributed by atoms with Gasteiger partial charge in [0.05, 0.1) is 18.4 Å². The number of ether oxygens (including phenoxy) is 1. The third kappa shape index (κ3) is 3.03. The second-order valence-corrected chi connectivity index (χ2v) is 5.41. The summed E-state index contributed by atoms with van der Waals surface area (Å²) in [5.41, 5.74) is 6.38. The molecule has 0 radical (unpaired) electrons. The molecule has 0 aliphatic heterocycles. The predicted octanol–water partition coefficient (Wildman–Crippen LogP) is 2.82. The lowest BCUT2D eigenvalue weighted by molar-refractivity contribution is 0.0602. The number of carbonyl (C=O) groups is 1. The van der Waals surface area contributed by atoms with Crippen molar-refractivity contribution in [1.29, 1.82) is 0 Å². The highest BCUT2D eigenvalue weighted by Crippen LogP contribution is 2.30. The van der Waals surface area contributed by atoms with Gasteiger partial charge in [0, 0.05) is 19.3 Å². The molecule has 20 heavy (non-hydrogen) atoms. The molecule has 0 atom stereocenters. The highest BCUT2D eigenvalue weighted by molar-refractivity contribution is 5.96. The van der Waals surface area contributed by atoms with Crippen LogP contribution < -0.4 is 10.6 Å². The van der Waals surface area contributed by atoms with Crippen LogP contribution in [0, 0.1) is 11.7 Å². The Morgan fingerprint density at radius 2 is 2.10 bits per heavy atom. The molecule has 2 N–H and O–H groups in total. The van der Waals surface area contributed by atoms with Crippen molar-refractivity contribution in [1.82, 2.24) is 0 Å². The summed E-state index contributed by atoms with van der Waals surface area (Å²) in [6.07, 6.45) is 4.86. The van der Waals surface area contributed by atoms with Gasteiger partial charge in [0.2, 0.25) is 0 Å².